The van der Waals surface area contributed by atoms with Crippen molar-refractivity contribution in [3.05, 3.63) is 35.9 Å². The normalized spacial score (nSPS) is 15.7. The molecule has 0 saturated carbocycles. The molecule has 1 atom stereocenters. The van der Waals surface area contributed by atoms with Crippen molar-refractivity contribution < 1.29 is 4.79 Å². The van der Waals surface area contributed by atoms with Crippen LogP contribution in [0.5, 0.6) is 0 Å². The van der Waals surface area contributed by atoms with E-state index in [1.54, 1.807) is 0 Å². The fraction of sp³-hybridized carbons (Fsp3) is 0.636. The van der Waals surface area contributed by atoms with Gasteiger partial charge in [0, 0.05) is 51.7 Å². The monoisotopic (exact) mass is 387 g/mol. The summed E-state index contributed by atoms with van der Waals surface area (Å²) in [6.45, 7) is 9.29. The fourth-order valence-electron chi connectivity index (χ4n) is 3.37. The zero-order valence-corrected chi connectivity index (χ0v) is 17.8. The Bertz CT molecular complexity index is 598. The lowest BCUT2D eigenvalue weighted by Gasteiger charge is -2.24. The van der Waals surface area contributed by atoms with Crippen LogP contribution in [0.25, 0.3) is 0 Å². The van der Waals surface area contributed by atoms with E-state index in [4.69, 9.17) is 0 Å². The van der Waals surface area contributed by atoms with Gasteiger partial charge in [0.1, 0.15) is 0 Å². The molecule has 1 amide bonds. The number of aliphatic imine (C=N–C) groups is 1. The van der Waals surface area contributed by atoms with Crippen LogP contribution in [0.15, 0.2) is 35.3 Å². The van der Waals surface area contributed by atoms with Crippen molar-refractivity contribution >= 4 is 11.9 Å². The van der Waals surface area contributed by atoms with Crippen LogP contribution in [-0.2, 0) is 11.3 Å². The number of rotatable bonds is 10. The van der Waals surface area contributed by atoms with Crippen molar-refractivity contribution in [2.24, 2.45) is 4.99 Å². The van der Waals surface area contributed by atoms with E-state index in [2.05, 4.69) is 71.8 Å². The largest absolute Gasteiger partial charge is 0.357 e. The molecule has 6 heteroatoms. The summed E-state index contributed by atoms with van der Waals surface area (Å²) in [5.41, 5.74) is 1.33. The van der Waals surface area contributed by atoms with Crippen LogP contribution in [0.3, 0.4) is 0 Å². The van der Waals surface area contributed by atoms with Crippen molar-refractivity contribution in [3.8, 4) is 0 Å². The number of hydrogen-bond acceptors (Lipinski definition) is 3. The van der Waals surface area contributed by atoms with Gasteiger partial charge in [0.15, 0.2) is 5.96 Å². The third-order valence-electron chi connectivity index (χ3n) is 5.28. The molecule has 1 saturated heterocycles. The summed E-state index contributed by atoms with van der Waals surface area (Å²) in [5, 5.41) is 6.56. The van der Waals surface area contributed by atoms with Gasteiger partial charge in [0.05, 0.1) is 0 Å². The van der Waals surface area contributed by atoms with E-state index in [0.717, 1.165) is 57.9 Å². The van der Waals surface area contributed by atoms with E-state index < -0.39 is 0 Å². The number of guanidine groups is 1. The van der Waals surface area contributed by atoms with Gasteiger partial charge in [0.2, 0.25) is 5.91 Å². The molecule has 0 aromatic heterocycles. The van der Waals surface area contributed by atoms with Crippen LogP contribution in [0, 0.1) is 0 Å². The molecular weight excluding hydrogens is 350 g/mol. The van der Waals surface area contributed by atoms with Gasteiger partial charge in [-0.25, -0.2) is 0 Å². The Kier molecular flexibility index (Phi) is 9.83. The van der Waals surface area contributed by atoms with Gasteiger partial charge >= 0.3 is 0 Å². The maximum atomic E-state index is 12.1. The first-order chi connectivity index (χ1) is 13.6. The Morgan fingerprint density at radius 2 is 1.93 bits per heavy atom. The van der Waals surface area contributed by atoms with E-state index in [-0.39, 0.29) is 5.91 Å². The fourth-order valence-corrected chi connectivity index (χ4v) is 3.37. The molecule has 2 rings (SSSR count). The smallest absolute Gasteiger partial charge is 0.224 e. The summed E-state index contributed by atoms with van der Waals surface area (Å²) < 4.78 is 0. The van der Waals surface area contributed by atoms with Crippen LogP contribution in [0.4, 0.5) is 0 Å². The summed E-state index contributed by atoms with van der Waals surface area (Å²) in [7, 11) is 2.16. The molecule has 28 heavy (non-hydrogen) atoms. The number of nitrogens with one attached hydrogen (secondary N) is 2. The number of likely N-dealkylation sites (tertiary alicyclic amines) is 1. The zero-order chi connectivity index (χ0) is 20.2. The number of nitrogens with zero attached hydrogens (tertiary/aromatic N) is 3. The second-order valence-corrected chi connectivity index (χ2v) is 7.56. The molecule has 0 bridgehead atoms. The van der Waals surface area contributed by atoms with E-state index in [9.17, 15) is 4.79 Å². The van der Waals surface area contributed by atoms with Gasteiger partial charge in [-0.2, -0.15) is 0 Å². The van der Waals surface area contributed by atoms with Crippen molar-refractivity contribution in [1.82, 2.24) is 20.4 Å². The Labute approximate surface area is 170 Å². The van der Waals surface area contributed by atoms with E-state index in [1.807, 2.05) is 4.90 Å². The van der Waals surface area contributed by atoms with Crippen LogP contribution in [-0.4, -0.2) is 67.5 Å². The maximum Gasteiger partial charge on any atom is 0.224 e. The highest BCUT2D eigenvalue weighted by atomic mass is 16.2. The predicted octanol–water partition coefficient (Wildman–Crippen LogP) is 2.46. The van der Waals surface area contributed by atoms with Gasteiger partial charge in [-0.05, 0) is 45.7 Å². The van der Waals surface area contributed by atoms with Crippen molar-refractivity contribution in [3.63, 3.8) is 0 Å². The molecule has 1 aliphatic heterocycles. The first-order valence-corrected chi connectivity index (χ1v) is 10.6. The summed E-state index contributed by atoms with van der Waals surface area (Å²) in [5.74, 6) is 1.05. The summed E-state index contributed by atoms with van der Waals surface area (Å²) in [4.78, 5) is 21.1. The lowest BCUT2D eigenvalue weighted by Crippen LogP contribution is -2.40. The molecule has 1 fully saturated rings. The Balaban J connectivity index is 1.70. The molecule has 6 nitrogen and oxygen atoms in total. The highest BCUT2D eigenvalue weighted by molar-refractivity contribution is 5.81. The van der Waals surface area contributed by atoms with Crippen LogP contribution in [0.2, 0.25) is 0 Å². The number of amides is 1. The first-order valence-electron chi connectivity index (χ1n) is 10.6. The van der Waals surface area contributed by atoms with Crippen LogP contribution in [0.1, 0.15) is 45.1 Å². The molecule has 0 spiro atoms. The summed E-state index contributed by atoms with van der Waals surface area (Å²) >= 11 is 0. The van der Waals surface area contributed by atoms with Gasteiger partial charge < -0.3 is 15.5 Å². The SMILES string of the molecule is CCNC(=NCCC(C)N(C)Cc1ccccc1)NCCC(=O)N1CCCC1. The second-order valence-electron chi connectivity index (χ2n) is 7.56. The average molecular weight is 388 g/mol. The van der Waals surface area contributed by atoms with Crippen molar-refractivity contribution in [2.45, 2.75) is 52.1 Å². The molecular formula is C22H37N5O. The van der Waals surface area contributed by atoms with Crippen LogP contribution < -0.4 is 10.6 Å². The van der Waals surface area contributed by atoms with Crippen LogP contribution >= 0.6 is 0 Å². The third kappa shape index (κ3) is 7.89. The first kappa shape index (κ1) is 22.2. The van der Waals surface area contributed by atoms with Gasteiger partial charge in [0.25, 0.3) is 0 Å². The predicted molar refractivity (Wildman–Crippen MR) is 116 cm³/mol. The highest BCUT2D eigenvalue weighted by Gasteiger charge is 2.17. The quantitative estimate of drug-likeness (QED) is 0.478. The number of hydrogen-bond donors (Lipinski definition) is 2. The minimum Gasteiger partial charge on any atom is -0.357 e. The lowest BCUT2D eigenvalue weighted by molar-refractivity contribution is -0.129. The molecule has 1 unspecified atom stereocenters. The highest BCUT2D eigenvalue weighted by Crippen LogP contribution is 2.09. The minimum absolute atomic E-state index is 0.247. The molecule has 156 valence electrons. The molecule has 1 aromatic carbocycles. The summed E-state index contributed by atoms with van der Waals surface area (Å²) in [6.07, 6.45) is 3.80. The van der Waals surface area contributed by atoms with Gasteiger partial charge in [-0.15, -0.1) is 0 Å². The Morgan fingerprint density at radius 3 is 2.61 bits per heavy atom. The third-order valence-corrected chi connectivity index (χ3v) is 5.28. The number of carbonyl (C=O) groups excluding carboxylic acids is 1. The average Bonchev–Trinajstić information content (AvgIpc) is 3.23. The molecule has 1 heterocycles. The molecule has 1 aliphatic rings. The maximum absolute atomic E-state index is 12.1. The van der Waals surface area contributed by atoms with E-state index in [0.29, 0.717) is 19.0 Å². The van der Waals surface area contributed by atoms with Crippen molar-refractivity contribution in [2.75, 3.05) is 39.8 Å². The van der Waals surface area contributed by atoms with Gasteiger partial charge in [-0.1, -0.05) is 30.3 Å². The Morgan fingerprint density at radius 1 is 1.21 bits per heavy atom. The molecule has 1 aromatic rings. The standard InChI is InChI=1S/C22H37N5O/c1-4-23-22(25-15-13-21(28)27-16-8-9-17-27)24-14-12-19(2)26(3)18-20-10-6-5-7-11-20/h5-7,10-11,19H,4,8-9,12-18H2,1-3H3,(H2,23,24,25). The number of benzene rings is 1. The zero-order valence-electron chi connectivity index (χ0n) is 17.8. The number of carbonyl (C=O) groups is 1. The van der Waals surface area contributed by atoms with E-state index in [1.165, 1.54) is 5.56 Å². The van der Waals surface area contributed by atoms with Crippen molar-refractivity contribution in [1.29, 1.82) is 0 Å². The summed E-state index contributed by atoms with van der Waals surface area (Å²) in [6, 6.07) is 11.0. The van der Waals surface area contributed by atoms with Gasteiger partial charge in [-0.3, -0.25) is 14.7 Å². The molecule has 0 radical (unpaired) electrons. The Hall–Kier alpha value is -2.08. The minimum atomic E-state index is 0.247. The lowest BCUT2D eigenvalue weighted by atomic mass is 10.1. The molecule has 0 aliphatic carbocycles. The topological polar surface area (TPSA) is 60.0 Å². The molecule has 2 N–H and O–H groups in total. The second kappa shape index (κ2) is 12.4. The van der Waals surface area contributed by atoms with E-state index >= 15 is 0 Å².